The summed E-state index contributed by atoms with van der Waals surface area (Å²) in [6.45, 7) is 2.05. The van der Waals surface area contributed by atoms with E-state index in [1.54, 1.807) is 0 Å². The zero-order chi connectivity index (χ0) is 16.0. The fraction of sp³-hybridized carbons (Fsp3) is 0.429. The van der Waals surface area contributed by atoms with E-state index in [-0.39, 0.29) is 17.1 Å². The molecule has 0 saturated carbocycles. The highest BCUT2D eigenvalue weighted by molar-refractivity contribution is 5.77. The molecule has 8 heteroatoms. The van der Waals surface area contributed by atoms with Gasteiger partial charge in [-0.2, -0.15) is 0 Å². The van der Waals surface area contributed by atoms with E-state index in [1.165, 1.54) is 22.5 Å². The van der Waals surface area contributed by atoms with Crippen LogP contribution in [0, 0.1) is 18.6 Å². The Hall–Kier alpha value is -2.38. The first-order chi connectivity index (χ1) is 10.4. The number of nitrogens with zero attached hydrogens (tertiary/aromatic N) is 2. The maximum Gasteiger partial charge on any atom is 0.407 e. The van der Waals surface area contributed by atoms with Gasteiger partial charge in [-0.15, -0.1) is 0 Å². The molecule has 6 nitrogen and oxygen atoms in total. The quantitative estimate of drug-likeness (QED) is 0.847. The van der Waals surface area contributed by atoms with E-state index in [4.69, 9.17) is 5.11 Å². The lowest BCUT2D eigenvalue weighted by atomic mass is 10.0. The topological polar surface area (TPSA) is 78.3 Å². The number of hydrogen-bond donors (Lipinski definition) is 2. The predicted octanol–water partition coefficient (Wildman–Crippen LogP) is 2.23. The number of H-pyrrole nitrogens is 1. The number of amides is 1. The van der Waals surface area contributed by atoms with Gasteiger partial charge >= 0.3 is 11.8 Å². The van der Waals surface area contributed by atoms with E-state index >= 15 is 0 Å². The number of nitrogens with one attached hydrogen (secondary N) is 1. The fourth-order valence-electron chi connectivity index (χ4n) is 3.00. The Morgan fingerprint density at radius 1 is 1.32 bits per heavy atom. The number of aromatic nitrogens is 2. The van der Waals surface area contributed by atoms with Crippen molar-refractivity contribution in [1.82, 2.24) is 14.5 Å². The molecule has 1 fully saturated rings. The molecular formula is C14H15F2N3O3. The monoisotopic (exact) mass is 311 g/mol. The fourth-order valence-corrected chi connectivity index (χ4v) is 3.00. The van der Waals surface area contributed by atoms with Gasteiger partial charge in [-0.1, -0.05) is 0 Å². The van der Waals surface area contributed by atoms with Gasteiger partial charge < -0.3 is 15.0 Å². The van der Waals surface area contributed by atoms with Crippen LogP contribution in [0.5, 0.6) is 0 Å². The summed E-state index contributed by atoms with van der Waals surface area (Å²) in [4.78, 5) is 26.7. The minimum absolute atomic E-state index is 0.126. The van der Waals surface area contributed by atoms with Crippen LogP contribution in [0.3, 0.4) is 0 Å². The zero-order valence-corrected chi connectivity index (χ0v) is 11.9. The summed E-state index contributed by atoms with van der Waals surface area (Å²) in [6.07, 6.45) is -0.0808. The van der Waals surface area contributed by atoms with Crippen molar-refractivity contribution in [3.05, 3.63) is 33.7 Å². The van der Waals surface area contributed by atoms with Gasteiger partial charge in [0, 0.05) is 19.1 Å². The number of carboxylic acid groups (broad SMARTS) is 1. The molecule has 22 heavy (non-hydrogen) atoms. The van der Waals surface area contributed by atoms with E-state index in [2.05, 4.69) is 4.98 Å². The molecule has 0 bridgehead atoms. The van der Waals surface area contributed by atoms with Crippen LogP contribution in [-0.2, 0) is 0 Å². The summed E-state index contributed by atoms with van der Waals surface area (Å²) in [5.41, 5.74) is -0.211. The third-order valence-electron chi connectivity index (χ3n) is 4.18. The number of aromatic amines is 1. The lowest BCUT2D eigenvalue weighted by Crippen LogP contribution is -2.39. The Morgan fingerprint density at radius 3 is 2.55 bits per heavy atom. The van der Waals surface area contributed by atoms with E-state index in [9.17, 15) is 18.4 Å². The van der Waals surface area contributed by atoms with Crippen LogP contribution in [0.2, 0.25) is 0 Å². The molecular weight excluding hydrogens is 296 g/mol. The van der Waals surface area contributed by atoms with Gasteiger partial charge in [-0.3, -0.25) is 4.57 Å². The molecule has 1 aromatic heterocycles. The maximum atomic E-state index is 13.9. The van der Waals surface area contributed by atoms with Crippen LogP contribution in [0.1, 0.15) is 24.4 Å². The van der Waals surface area contributed by atoms with Crippen LogP contribution in [0.25, 0.3) is 11.0 Å². The molecule has 1 aromatic carbocycles. The molecule has 2 N–H and O–H groups in total. The number of imidazole rings is 1. The van der Waals surface area contributed by atoms with Gasteiger partial charge in [0.2, 0.25) is 0 Å². The summed E-state index contributed by atoms with van der Waals surface area (Å²) >= 11 is 0. The summed E-state index contributed by atoms with van der Waals surface area (Å²) < 4.78 is 29.0. The van der Waals surface area contributed by atoms with Gasteiger partial charge in [0.05, 0.1) is 5.52 Å². The highest BCUT2D eigenvalue weighted by Gasteiger charge is 2.27. The molecule has 3 rings (SSSR count). The Labute approximate surface area is 124 Å². The molecule has 2 heterocycles. The van der Waals surface area contributed by atoms with Gasteiger partial charge in [0.25, 0.3) is 0 Å². The molecule has 2 aromatic rings. The molecule has 1 aliphatic rings. The molecule has 0 unspecified atom stereocenters. The van der Waals surface area contributed by atoms with Crippen molar-refractivity contribution in [3.63, 3.8) is 0 Å². The highest BCUT2D eigenvalue weighted by Crippen LogP contribution is 2.27. The smallest absolute Gasteiger partial charge is 0.407 e. The molecule has 118 valence electrons. The number of aryl methyl sites for hydroxylation is 1. The van der Waals surface area contributed by atoms with Crippen molar-refractivity contribution in [3.8, 4) is 0 Å². The van der Waals surface area contributed by atoms with Crippen molar-refractivity contribution < 1.29 is 18.7 Å². The van der Waals surface area contributed by atoms with Crippen LogP contribution >= 0.6 is 0 Å². The largest absolute Gasteiger partial charge is 0.465 e. The second kappa shape index (κ2) is 5.11. The number of fused-ring (bicyclic) bond motifs is 1. The SMILES string of the molecule is Cc1cc2c([nH]c(=O)n2C2CCN(C(=O)O)CC2)c(F)c1F. The van der Waals surface area contributed by atoms with Gasteiger partial charge in [0.1, 0.15) is 5.52 Å². The number of piperidine rings is 1. The summed E-state index contributed by atoms with van der Waals surface area (Å²) in [5.74, 6) is -2.03. The highest BCUT2D eigenvalue weighted by atomic mass is 19.2. The van der Waals surface area contributed by atoms with Crippen LogP contribution in [0.15, 0.2) is 10.9 Å². The Bertz CT molecular complexity index is 804. The molecule has 0 spiro atoms. The number of benzene rings is 1. The molecule has 0 atom stereocenters. The lowest BCUT2D eigenvalue weighted by molar-refractivity contribution is 0.125. The lowest BCUT2D eigenvalue weighted by Gasteiger charge is -2.30. The van der Waals surface area contributed by atoms with Gasteiger partial charge in [-0.05, 0) is 31.4 Å². The number of carbonyl (C=O) groups is 1. The van der Waals surface area contributed by atoms with Gasteiger partial charge in [0.15, 0.2) is 11.6 Å². The van der Waals surface area contributed by atoms with E-state index in [0.717, 1.165) is 0 Å². The van der Waals surface area contributed by atoms with E-state index in [1.807, 2.05) is 0 Å². The maximum absolute atomic E-state index is 13.9. The third-order valence-corrected chi connectivity index (χ3v) is 4.18. The first-order valence-corrected chi connectivity index (χ1v) is 6.97. The number of hydrogen-bond acceptors (Lipinski definition) is 2. The van der Waals surface area contributed by atoms with E-state index < -0.39 is 23.4 Å². The van der Waals surface area contributed by atoms with Crippen molar-refractivity contribution in [2.75, 3.05) is 13.1 Å². The Morgan fingerprint density at radius 2 is 1.95 bits per heavy atom. The summed E-state index contributed by atoms with van der Waals surface area (Å²) in [7, 11) is 0. The second-order valence-electron chi connectivity index (χ2n) is 5.52. The number of rotatable bonds is 1. The minimum atomic E-state index is -1.06. The normalized spacial score (nSPS) is 16.4. The average molecular weight is 311 g/mol. The second-order valence-corrected chi connectivity index (χ2v) is 5.52. The van der Waals surface area contributed by atoms with Crippen LogP contribution in [-0.4, -0.2) is 38.7 Å². The zero-order valence-electron chi connectivity index (χ0n) is 11.9. The van der Waals surface area contributed by atoms with Crippen molar-refractivity contribution in [1.29, 1.82) is 0 Å². The molecule has 0 radical (unpaired) electrons. The number of likely N-dealkylation sites (tertiary alicyclic amines) is 1. The van der Waals surface area contributed by atoms with Crippen molar-refractivity contribution in [2.45, 2.75) is 25.8 Å². The third kappa shape index (κ3) is 2.15. The minimum Gasteiger partial charge on any atom is -0.465 e. The number of halogens is 2. The Kier molecular flexibility index (Phi) is 3.38. The standard InChI is InChI=1S/C14H15F2N3O3/c1-7-6-9-12(11(16)10(7)15)17-13(20)19(9)8-2-4-18(5-3-8)14(21)22/h6,8H,2-5H2,1H3,(H,17,20)(H,21,22). The molecule has 1 amide bonds. The van der Waals surface area contributed by atoms with E-state index in [0.29, 0.717) is 31.4 Å². The first kappa shape index (κ1) is 14.6. The van der Waals surface area contributed by atoms with Gasteiger partial charge in [-0.25, -0.2) is 18.4 Å². The average Bonchev–Trinajstić information content (AvgIpc) is 2.81. The van der Waals surface area contributed by atoms with Crippen LogP contribution < -0.4 is 5.69 Å². The van der Waals surface area contributed by atoms with Crippen molar-refractivity contribution in [2.24, 2.45) is 0 Å². The molecule has 1 aliphatic heterocycles. The van der Waals surface area contributed by atoms with Crippen LogP contribution in [0.4, 0.5) is 13.6 Å². The molecule has 1 saturated heterocycles. The Balaban J connectivity index is 2.04. The predicted molar refractivity (Wildman–Crippen MR) is 75.1 cm³/mol. The first-order valence-electron chi connectivity index (χ1n) is 6.97. The molecule has 0 aliphatic carbocycles. The summed E-state index contributed by atoms with van der Waals surface area (Å²) in [6, 6.07) is 1.20. The summed E-state index contributed by atoms with van der Waals surface area (Å²) in [5, 5.41) is 8.94. The van der Waals surface area contributed by atoms with Crippen molar-refractivity contribution >= 4 is 17.1 Å².